The average Bonchev–Trinajstić information content (AvgIpc) is 3.16. The number of benzene rings is 2. The molecule has 180 valence electrons. The number of aryl methyl sites for hydroxylation is 3. The molecule has 1 aromatic heterocycles. The normalized spacial score (nSPS) is 16.3. The molecule has 1 aliphatic rings. The van der Waals surface area contributed by atoms with Crippen molar-refractivity contribution in [1.82, 2.24) is 10.5 Å². The molecular formula is C27H32FN3O3. The zero-order valence-corrected chi connectivity index (χ0v) is 19.9. The number of amides is 1. The number of aromatic nitrogens is 1. The lowest BCUT2D eigenvalue weighted by Crippen LogP contribution is -2.50. The molecule has 7 heteroatoms. The molecule has 34 heavy (non-hydrogen) atoms. The molecule has 2 aromatic carbocycles. The summed E-state index contributed by atoms with van der Waals surface area (Å²) < 4.78 is 19.6. The molecule has 3 aromatic rings. The molecule has 4 rings (SSSR count). The van der Waals surface area contributed by atoms with Gasteiger partial charge in [0, 0.05) is 11.7 Å². The number of hydrogen-bond acceptors (Lipinski definition) is 5. The van der Waals surface area contributed by atoms with Gasteiger partial charge in [-0.2, -0.15) is 0 Å². The van der Waals surface area contributed by atoms with Crippen molar-refractivity contribution < 1.29 is 18.8 Å². The molecule has 0 bridgehead atoms. The van der Waals surface area contributed by atoms with Crippen molar-refractivity contribution in [3.05, 3.63) is 82.5 Å². The fraction of sp³-hybridized carbons (Fsp3) is 0.407. The van der Waals surface area contributed by atoms with E-state index in [0.29, 0.717) is 22.7 Å². The lowest BCUT2D eigenvalue weighted by Gasteiger charge is -2.38. The molecule has 1 aliphatic carbocycles. The van der Waals surface area contributed by atoms with Crippen LogP contribution in [0.15, 0.2) is 53.1 Å². The summed E-state index contributed by atoms with van der Waals surface area (Å²) in [6.07, 6.45) is 4.26. The number of rotatable bonds is 7. The Kier molecular flexibility index (Phi) is 7.44. The van der Waals surface area contributed by atoms with Gasteiger partial charge in [0.2, 0.25) is 0 Å². The van der Waals surface area contributed by atoms with Crippen LogP contribution >= 0.6 is 0 Å². The number of nitrogens with zero attached hydrogens (tertiary/aromatic N) is 2. The summed E-state index contributed by atoms with van der Waals surface area (Å²) in [6, 6.07) is 12.9. The molecule has 1 heterocycles. The number of halogens is 1. The molecule has 6 nitrogen and oxygen atoms in total. The van der Waals surface area contributed by atoms with Crippen LogP contribution in [0.4, 0.5) is 10.1 Å². The lowest BCUT2D eigenvalue weighted by atomic mass is 9.93. The quantitative estimate of drug-likeness (QED) is 0.459. The van der Waals surface area contributed by atoms with E-state index in [4.69, 9.17) is 4.52 Å². The fourth-order valence-corrected chi connectivity index (χ4v) is 4.91. The van der Waals surface area contributed by atoms with Crippen LogP contribution in [0, 0.1) is 26.6 Å². The van der Waals surface area contributed by atoms with Gasteiger partial charge in [-0.1, -0.05) is 54.8 Å². The molecule has 2 atom stereocenters. The van der Waals surface area contributed by atoms with Crippen LogP contribution in [0.3, 0.4) is 0 Å². The Balaban J connectivity index is 1.85. The summed E-state index contributed by atoms with van der Waals surface area (Å²) in [5.41, 5.74) is 2.81. The minimum absolute atomic E-state index is 0.152. The molecule has 1 amide bonds. The summed E-state index contributed by atoms with van der Waals surface area (Å²) >= 11 is 0. The van der Waals surface area contributed by atoms with Gasteiger partial charge in [0.15, 0.2) is 0 Å². The first kappa shape index (κ1) is 24.1. The highest BCUT2D eigenvalue weighted by atomic mass is 19.1. The van der Waals surface area contributed by atoms with Crippen molar-refractivity contribution in [3.63, 3.8) is 0 Å². The van der Waals surface area contributed by atoms with E-state index < -0.39 is 24.0 Å². The standard InChI is InChI=1S/C27H32FN3O3/c1-17-10-7-8-15-23(17)25(26(32)29-21-12-5-4-6-13-21)31(22-14-9-11-20(28)16-22)27(33)24-18(2)30-34-19(24)3/h7-11,14-16,21,25-26,29,32H,4-6,12-13H2,1-3H3. The Morgan fingerprint density at radius 1 is 1.12 bits per heavy atom. The Labute approximate surface area is 199 Å². The van der Waals surface area contributed by atoms with Crippen molar-refractivity contribution in [3.8, 4) is 0 Å². The van der Waals surface area contributed by atoms with Gasteiger partial charge in [-0.3, -0.25) is 15.0 Å². The number of nitrogens with one attached hydrogen (secondary N) is 1. The van der Waals surface area contributed by atoms with Crippen molar-refractivity contribution in [2.24, 2.45) is 0 Å². The highest BCUT2D eigenvalue weighted by molar-refractivity contribution is 6.08. The van der Waals surface area contributed by atoms with E-state index in [2.05, 4.69) is 10.5 Å². The second-order valence-corrected chi connectivity index (χ2v) is 9.10. The van der Waals surface area contributed by atoms with Gasteiger partial charge in [0.1, 0.15) is 29.4 Å². The van der Waals surface area contributed by atoms with E-state index in [0.717, 1.165) is 36.8 Å². The van der Waals surface area contributed by atoms with Crippen molar-refractivity contribution in [1.29, 1.82) is 0 Å². The topological polar surface area (TPSA) is 78.6 Å². The third-order valence-electron chi connectivity index (χ3n) is 6.65. The molecule has 0 spiro atoms. The van der Waals surface area contributed by atoms with Gasteiger partial charge in [-0.05, 0) is 62.9 Å². The van der Waals surface area contributed by atoms with E-state index in [1.165, 1.54) is 23.5 Å². The first-order valence-electron chi connectivity index (χ1n) is 11.9. The zero-order chi connectivity index (χ0) is 24.2. The number of anilines is 1. The predicted octanol–water partition coefficient (Wildman–Crippen LogP) is 5.37. The van der Waals surface area contributed by atoms with Gasteiger partial charge in [-0.25, -0.2) is 4.39 Å². The van der Waals surface area contributed by atoms with E-state index >= 15 is 0 Å². The number of hydrogen-bond donors (Lipinski definition) is 2. The average molecular weight is 466 g/mol. The first-order valence-corrected chi connectivity index (χ1v) is 11.9. The molecule has 0 saturated heterocycles. The Hall–Kier alpha value is -3.03. The van der Waals surface area contributed by atoms with Crippen LogP contribution in [0.1, 0.15) is 71.1 Å². The van der Waals surface area contributed by atoms with Crippen LogP contribution < -0.4 is 10.2 Å². The number of carbonyl (C=O) groups is 1. The van der Waals surface area contributed by atoms with Gasteiger partial charge >= 0.3 is 0 Å². The van der Waals surface area contributed by atoms with Gasteiger partial charge in [0.25, 0.3) is 5.91 Å². The summed E-state index contributed by atoms with van der Waals surface area (Å²) in [5, 5.41) is 18.9. The van der Waals surface area contributed by atoms with Crippen LogP contribution in [0.25, 0.3) is 0 Å². The highest BCUT2D eigenvalue weighted by Gasteiger charge is 2.37. The van der Waals surface area contributed by atoms with Gasteiger partial charge in [0.05, 0.1) is 5.69 Å². The van der Waals surface area contributed by atoms with E-state index in [9.17, 15) is 14.3 Å². The van der Waals surface area contributed by atoms with Crippen LogP contribution in [-0.2, 0) is 0 Å². The van der Waals surface area contributed by atoms with Crippen molar-refractivity contribution in [2.75, 3.05) is 4.90 Å². The molecule has 0 aliphatic heterocycles. The highest BCUT2D eigenvalue weighted by Crippen LogP contribution is 2.35. The zero-order valence-electron chi connectivity index (χ0n) is 19.9. The summed E-state index contributed by atoms with van der Waals surface area (Å²) in [6.45, 7) is 5.32. The third-order valence-corrected chi connectivity index (χ3v) is 6.65. The second kappa shape index (κ2) is 10.5. The van der Waals surface area contributed by atoms with Gasteiger partial charge in [-0.15, -0.1) is 0 Å². The maximum atomic E-state index is 14.4. The van der Waals surface area contributed by atoms with Crippen LogP contribution in [0.5, 0.6) is 0 Å². The second-order valence-electron chi connectivity index (χ2n) is 9.10. The molecule has 0 radical (unpaired) electrons. The van der Waals surface area contributed by atoms with Crippen molar-refractivity contribution >= 4 is 11.6 Å². The molecule has 1 saturated carbocycles. The molecule has 2 N–H and O–H groups in total. The van der Waals surface area contributed by atoms with Gasteiger partial charge < -0.3 is 9.63 Å². The number of aliphatic hydroxyl groups is 1. The summed E-state index contributed by atoms with van der Waals surface area (Å²) in [7, 11) is 0. The Morgan fingerprint density at radius 3 is 2.50 bits per heavy atom. The number of aliphatic hydroxyl groups excluding tert-OH is 1. The fourth-order valence-electron chi connectivity index (χ4n) is 4.91. The van der Waals surface area contributed by atoms with E-state index in [1.807, 2.05) is 31.2 Å². The largest absolute Gasteiger partial charge is 0.376 e. The van der Waals surface area contributed by atoms with Crippen LogP contribution in [-0.4, -0.2) is 28.4 Å². The maximum Gasteiger partial charge on any atom is 0.264 e. The molecular weight excluding hydrogens is 433 g/mol. The summed E-state index contributed by atoms with van der Waals surface area (Å²) in [4.78, 5) is 15.5. The summed E-state index contributed by atoms with van der Waals surface area (Å²) in [5.74, 6) is -0.492. The smallest absolute Gasteiger partial charge is 0.264 e. The minimum Gasteiger partial charge on any atom is -0.376 e. The van der Waals surface area contributed by atoms with Crippen LogP contribution in [0.2, 0.25) is 0 Å². The van der Waals surface area contributed by atoms with E-state index in [1.54, 1.807) is 26.0 Å². The van der Waals surface area contributed by atoms with Crippen molar-refractivity contribution in [2.45, 2.75) is 71.2 Å². The maximum absolute atomic E-state index is 14.4. The Bertz CT molecular complexity index is 1120. The lowest BCUT2D eigenvalue weighted by molar-refractivity contribution is 0.0734. The molecule has 2 unspecified atom stereocenters. The SMILES string of the molecule is Cc1ccccc1C(C(O)NC1CCCCC1)N(C(=O)c1c(C)noc1C)c1cccc(F)c1. The Morgan fingerprint density at radius 2 is 1.85 bits per heavy atom. The van der Waals surface area contributed by atoms with E-state index in [-0.39, 0.29) is 6.04 Å². The predicted molar refractivity (Wildman–Crippen MR) is 129 cm³/mol. The number of carbonyl (C=O) groups excluding carboxylic acids is 1. The minimum atomic E-state index is -1.07. The first-order chi connectivity index (χ1) is 16.4. The monoisotopic (exact) mass is 465 g/mol. The molecule has 1 fully saturated rings. The third kappa shape index (κ3) is 5.05.